The summed E-state index contributed by atoms with van der Waals surface area (Å²) < 4.78 is 0. The first-order chi connectivity index (χ1) is 13.3. The number of nitrogens with zero attached hydrogens (tertiary/aromatic N) is 2. The van der Waals surface area contributed by atoms with E-state index >= 15 is 0 Å². The van der Waals surface area contributed by atoms with Crippen LogP contribution in [-0.4, -0.2) is 22.5 Å². The highest BCUT2D eigenvalue weighted by molar-refractivity contribution is 6.12. The Labute approximate surface area is 164 Å². The Morgan fingerprint density at radius 1 is 1.11 bits per heavy atom. The van der Waals surface area contributed by atoms with E-state index in [2.05, 4.69) is 13.8 Å². The molecule has 144 valence electrons. The highest BCUT2D eigenvalue weighted by Crippen LogP contribution is 2.48. The maximum Gasteiger partial charge on any atom is 0.224 e. The van der Waals surface area contributed by atoms with Crippen molar-refractivity contribution < 1.29 is 14.7 Å². The summed E-state index contributed by atoms with van der Waals surface area (Å²) in [5.41, 5.74) is 2.91. The summed E-state index contributed by atoms with van der Waals surface area (Å²) >= 11 is 0. The van der Waals surface area contributed by atoms with Gasteiger partial charge in [0.05, 0.1) is 23.3 Å². The van der Waals surface area contributed by atoms with E-state index < -0.39 is 12.0 Å². The van der Waals surface area contributed by atoms with Crippen molar-refractivity contribution in [2.24, 2.45) is 16.3 Å². The van der Waals surface area contributed by atoms with Crippen LogP contribution in [0.15, 0.2) is 53.5 Å². The number of para-hydroxylation sites is 2. The molecule has 1 fully saturated rings. The third-order valence-corrected chi connectivity index (χ3v) is 5.59. The van der Waals surface area contributed by atoms with Crippen molar-refractivity contribution in [1.82, 2.24) is 0 Å². The molecule has 2 aromatic rings. The number of Topliss-reactive ketones (excluding diaryl/α,β-unsaturated/α-hetero) is 1. The molecule has 2 unspecified atom stereocenters. The third kappa shape index (κ3) is 3.11. The Kier molecular flexibility index (Phi) is 4.33. The number of hydrogen-bond acceptors (Lipinski definition) is 4. The van der Waals surface area contributed by atoms with Gasteiger partial charge in [0.15, 0.2) is 0 Å². The van der Waals surface area contributed by atoms with Gasteiger partial charge in [0, 0.05) is 19.1 Å². The number of ketones is 1. The van der Waals surface area contributed by atoms with Crippen molar-refractivity contribution in [1.29, 1.82) is 0 Å². The molecule has 2 aliphatic rings. The lowest BCUT2D eigenvalue weighted by Crippen LogP contribution is -2.46. The van der Waals surface area contributed by atoms with E-state index in [1.54, 1.807) is 29.2 Å². The SMILES string of the molecule is CC(=O)N1c2ccccc2N=C2CC(C)(C)CC(=O)C2C1c1ccc(O)cc1. The Bertz CT molecular complexity index is 976. The smallest absolute Gasteiger partial charge is 0.224 e. The minimum absolute atomic E-state index is 0.104. The molecule has 0 radical (unpaired) electrons. The van der Waals surface area contributed by atoms with Gasteiger partial charge in [0.2, 0.25) is 5.91 Å². The van der Waals surface area contributed by atoms with Crippen LogP contribution in [0.3, 0.4) is 0 Å². The molecule has 5 heteroatoms. The van der Waals surface area contributed by atoms with Crippen molar-refractivity contribution in [3.8, 4) is 5.75 Å². The summed E-state index contributed by atoms with van der Waals surface area (Å²) in [5.74, 6) is -0.377. The molecule has 5 nitrogen and oxygen atoms in total. The summed E-state index contributed by atoms with van der Waals surface area (Å²) in [6, 6.07) is 13.8. The number of phenolic OH excluding ortho intramolecular Hbond substituents is 1. The fraction of sp³-hybridized carbons (Fsp3) is 0.348. The molecule has 1 N–H and O–H groups in total. The van der Waals surface area contributed by atoms with Crippen LogP contribution in [0.1, 0.15) is 45.2 Å². The predicted octanol–water partition coefficient (Wildman–Crippen LogP) is 4.58. The first-order valence-corrected chi connectivity index (χ1v) is 9.55. The monoisotopic (exact) mass is 376 g/mol. The number of aliphatic imine (C=N–C) groups is 1. The molecule has 28 heavy (non-hydrogen) atoms. The topological polar surface area (TPSA) is 70.0 Å². The van der Waals surface area contributed by atoms with Crippen molar-refractivity contribution >= 4 is 28.8 Å². The number of rotatable bonds is 1. The Hall–Kier alpha value is -2.95. The van der Waals surface area contributed by atoms with Gasteiger partial charge in [0.25, 0.3) is 0 Å². The third-order valence-electron chi connectivity index (χ3n) is 5.59. The van der Waals surface area contributed by atoms with Crippen LogP contribution < -0.4 is 4.90 Å². The van der Waals surface area contributed by atoms with Gasteiger partial charge in [-0.3, -0.25) is 14.6 Å². The quantitative estimate of drug-likeness (QED) is 0.792. The number of hydrogen-bond donors (Lipinski definition) is 1. The van der Waals surface area contributed by atoms with Gasteiger partial charge in [-0.2, -0.15) is 0 Å². The van der Waals surface area contributed by atoms with E-state index in [-0.39, 0.29) is 22.9 Å². The Balaban J connectivity index is 1.97. The van der Waals surface area contributed by atoms with Gasteiger partial charge in [0.1, 0.15) is 11.5 Å². The number of amides is 1. The molecule has 1 amide bonds. The number of fused-ring (bicyclic) bond motifs is 2. The zero-order chi connectivity index (χ0) is 20.1. The zero-order valence-electron chi connectivity index (χ0n) is 16.3. The summed E-state index contributed by atoms with van der Waals surface area (Å²) in [6.07, 6.45) is 1.16. The highest BCUT2D eigenvalue weighted by atomic mass is 16.3. The van der Waals surface area contributed by atoms with E-state index in [9.17, 15) is 14.7 Å². The van der Waals surface area contributed by atoms with Crippen molar-refractivity contribution in [2.75, 3.05) is 4.90 Å². The van der Waals surface area contributed by atoms with E-state index in [0.717, 1.165) is 11.3 Å². The van der Waals surface area contributed by atoms with Crippen LogP contribution in [0.4, 0.5) is 11.4 Å². The molecule has 4 rings (SSSR count). The number of phenols is 1. The summed E-state index contributed by atoms with van der Waals surface area (Å²) in [4.78, 5) is 32.7. The van der Waals surface area contributed by atoms with Gasteiger partial charge in [-0.15, -0.1) is 0 Å². The van der Waals surface area contributed by atoms with E-state index in [0.29, 0.717) is 24.2 Å². The molecule has 1 heterocycles. The van der Waals surface area contributed by atoms with E-state index in [1.165, 1.54) is 6.92 Å². The molecule has 0 saturated heterocycles. The van der Waals surface area contributed by atoms with Gasteiger partial charge >= 0.3 is 0 Å². The normalized spacial score (nSPS) is 23.3. The molecular weight excluding hydrogens is 352 g/mol. The van der Waals surface area contributed by atoms with Gasteiger partial charge in [-0.05, 0) is 41.7 Å². The van der Waals surface area contributed by atoms with Gasteiger partial charge in [-0.1, -0.05) is 38.1 Å². The fourth-order valence-electron chi connectivity index (χ4n) is 4.49. The molecule has 0 aromatic heterocycles. The summed E-state index contributed by atoms with van der Waals surface area (Å²) in [7, 11) is 0. The average molecular weight is 376 g/mol. The molecule has 1 saturated carbocycles. The number of aromatic hydroxyl groups is 1. The second-order valence-corrected chi connectivity index (χ2v) is 8.48. The number of carbonyl (C=O) groups is 2. The lowest BCUT2D eigenvalue weighted by atomic mass is 9.68. The van der Waals surface area contributed by atoms with E-state index in [1.807, 2.05) is 24.3 Å². The molecule has 2 aromatic carbocycles. The van der Waals surface area contributed by atoms with Crippen LogP contribution in [0, 0.1) is 11.3 Å². The molecule has 1 aliphatic carbocycles. The van der Waals surface area contributed by atoms with Crippen molar-refractivity contribution in [3.05, 3.63) is 54.1 Å². The molecular formula is C23H24N2O3. The van der Waals surface area contributed by atoms with Crippen molar-refractivity contribution in [2.45, 2.75) is 39.7 Å². The predicted molar refractivity (Wildman–Crippen MR) is 109 cm³/mol. The number of anilines is 1. The fourth-order valence-corrected chi connectivity index (χ4v) is 4.49. The van der Waals surface area contributed by atoms with Crippen molar-refractivity contribution in [3.63, 3.8) is 0 Å². The molecule has 0 spiro atoms. The van der Waals surface area contributed by atoms with Crippen LogP contribution >= 0.6 is 0 Å². The Morgan fingerprint density at radius 2 is 1.79 bits per heavy atom. The second-order valence-electron chi connectivity index (χ2n) is 8.48. The summed E-state index contributed by atoms with van der Waals surface area (Å²) in [5, 5.41) is 9.73. The van der Waals surface area contributed by atoms with Crippen LogP contribution in [0.5, 0.6) is 5.75 Å². The average Bonchev–Trinajstić information content (AvgIpc) is 2.75. The first-order valence-electron chi connectivity index (χ1n) is 9.55. The number of carbonyl (C=O) groups excluding carboxylic acids is 2. The summed E-state index contributed by atoms with van der Waals surface area (Å²) in [6.45, 7) is 5.68. The van der Waals surface area contributed by atoms with Crippen LogP contribution in [0.25, 0.3) is 0 Å². The standard InChI is InChI=1S/C23H24N2O3/c1-14(26)25-19-7-5-4-6-17(19)24-18-12-23(2,3)13-20(28)21(18)22(25)15-8-10-16(27)11-9-15/h4-11,21-22,27H,12-13H2,1-3H3. The minimum Gasteiger partial charge on any atom is -0.508 e. The zero-order valence-corrected chi connectivity index (χ0v) is 16.3. The lowest BCUT2D eigenvalue weighted by Gasteiger charge is -2.40. The minimum atomic E-state index is -0.492. The maximum absolute atomic E-state index is 13.3. The molecule has 2 atom stereocenters. The maximum atomic E-state index is 13.3. The highest BCUT2D eigenvalue weighted by Gasteiger charge is 2.47. The van der Waals surface area contributed by atoms with E-state index in [4.69, 9.17) is 4.99 Å². The van der Waals surface area contributed by atoms with Crippen LogP contribution in [0.2, 0.25) is 0 Å². The molecule has 0 bridgehead atoms. The molecule has 1 aliphatic heterocycles. The van der Waals surface area contributed by atoms with Gasteiger partial charge in [-0.25, -0.2) is 0 Å². The Morgan fingerprint density at radius 3 is 2.46 bits per heavy atom. The van der Waals surface area contributed by atoms with Crippen LogP contribution in [-0.2, 0) is 9.59 Å². The second kappa shape index (κ2) is 6.59. The largest absolute Gasteiger partial charge is 0.508 e. The van der Waals surface area contributed by atoms with Gasteiger partial charge < -0.3 is 10.0 Å². The number of benzene rings is 2. The lowest BCUT2D eigenvalue weighted by molar-refractivity contribution is -0.124. The first kappa shape index (κ1) is 18.4.